The number of benzene rings is 2. The third-order valence-corrected chi connectivity index (χ3v) is 6.74. The van der Waals surface area contributed by atoms with E-state index in [-0.39, 0.29) is 5.54 Å². The average Bonchev–Trinajstić information content (AvgIpc) is 3.35. The third kappa shape index (κ3) is 1.96. The van der Waals surface area contributed by atoms with E-state index >= 15 is 0 Å². The molecule has 124 valence electrons. The van der Waals surface area contributed by atoms with Crippen LogP contribution in [0.1, 0.15) is 37.7 Å². The Balaban J connectivity index is 1.68. The van der Waals surface area contributed by atoms with Crippen LogP contribution in [0.3, 0.4) is 0 Å². The molecule has 3 aliphatic rings. The summed E-state index contributed by atoms with van der Waals surface area (Å²) in [6.07, 6.45) is 6.68. The summed E-state index contributed by atoms with van der Waals surface area (Å²) < 4.78 is 0. The molecule has 1 saturated carbocycles. The molecule has 0 radical (unpaired) electrons. The van der Waals surface area contributed by atoms with Crippen molar-refractivity contribution in [1.29, 1.82) is 0 Å². The van der Waals surface area contributed by atoms with Gasteiger partial charge in [0, 0.05) is 12.1 Å². The Morgan fingerprint density at radius 3 is 2.62 bits per heavy atom. The first kappa shape index (κ1) is 14.7. The van der Waals surface area contributed by atoms with Gasteiger partial charge in [0.1, 0.15) is 0 Å². The van der Waals surface area contributed by atoms with Crippen molar-refractivity contribution in [3.8, 4) is 0 Å². The summed E-state index contributed by atoms with van der Waals surface area (Å²) in [5, 5.41) is 2.67. The molecule has 2 aromatic carbocycles. The molecule has 2 fully saturated rings. The van der Waals surface area contributed by atoms with E-state index in [1.807, 2.05) is 0 Å². The first-order valence-electron chi connectivity index (χ1n) is 9.50. The van der Waals surface area contributed by atoms with E-state index in [0.717, 1.165) is 12.5 Å². The number of hydrogen-bond donors (Lipinski definition) is 1. The molecule has 2 aliphatic carbocycles. The van der Waals surface area contributed by atoms with Gasteiger partial charge in [0.2, 0.25) is 0 Å². The van der Waals surface area contributed by atoms with E-state index < -0.39 is 0 Å². The van der Waals surface area contributed by atoms with Gasteiger partial charge in [-0.25, -0.2) is 0 Å². The minimum atomic E-state index is 0.276. The van der Waals surface area contributed by atoms with Crippen LogP contribution in [-0.4, -0.2) is 30.1 Å². The largest absolute Gasteiger partial charge is 0.327 e. The predicted octanol–water partition coefficient (Wildman–Crippen LogP) is 4.20. The lowest BCUT2D eigenvalue weighted by molar-refractivity contribution is 0.184. The number of fused-ring (bicyclic) bond motifs is 3. The van der Waals surface area contributed by atoms with Gasteiger partial charge in [-0.3, -0.25) is 4.90 Å². The van der Waals surface area contributed by atoms with Gasteiger partial charge in [-0.15, -0.1) is 0 Å². The van der Waals surface area contributed by atoms with Crippen LogP contribution in [0, 0.1) is 5.92 Å². The maximum Gasteiger partial charge on any atom is 0.0472 e. The van der Waals surface area contributed by atoms with Gasteiger partial charge in [0.15, 0.2) is 0 Å². The van der Waals surface area contributed by atoms with E-state index in [2.05, 4.69) is 47.4 Å². The van der Waals surface area contributed by atoms with Gasteiger partial charge < -0.3 is 5.73 Å². The highest BCUT2D eigenvalue weighted by atomic mass is 15.2. The molecule has 1 saturated heterocycles. The average molecular weight is 318 g/mol. The molecule has 2 unspecified atom stereocenters. The van der Waals surface area contributed by atoms with Crippen molar-refractivity contribution in [2.45, 2.75) is 37.6 Å². The van der Waals surface area contributed by atoms with Crippen LogP contribution in [0.25, 0.3) is 16.3 Å². The summed E-state index contributed by atoms with van der Waals surface area (Å²) in [5.74, 6) is 0.720. The Morgan fingerprint density at radius 1 is 1.04 bits per heavy atom. The zero-order valence-electron chi connectivity index (χ0n) is 14.3. The Kier molecular flexibility index (Phi) is 3.33. The summed E-state index contributed by atoms with van der Waals surface area (Å²) in [6, 6.07) is 15.7. The summed E-state index contributed by atoms with van der Waals surface area (Å²) in [5.41, 5.74) is 11.1. The van der Waals surface area contributed by atoms with E-state index in [0.29, 0.717) is 0 Å². The minimum Gasteiger partial charge on any atom is -0.327 e. The predicted molar refractivity (Wildman–Crippen MR) is 101 cm³/mol. The Bertz CT molecular complexity index is 816. The van der Waals surface area contributed by atoms with Crippen LogP contribution < -0.4 is 5.73 Å². The lowest BCUT2D eigenvalue weighted by Gasteiger charge is -2.40. The maximum absolute atomic E-state index is 6.24. The van der Waals surface area contributed by atoms with Gasteiger partial charge in [0.05, 0.1) is 0 Å². The Hall–Kier alpha value is -1.64. The third-order valence-electron chi connectivity index (χ3n) is 6.74. The molecule has 2 bridgehead atoms. The van der Waals surface area contributed by atoms with Gasteiger partial charge in [-0.1, -0.05) is 36.4 Å². The van der Waals surface area contributed by atoms with Crippen molar-refractivity contribution in [2.75, 3.05) is 19.6 Å². The van der Waals surface area contributed by atoms with Crippen molar-refractivity contribution in [2.24, 2.45) is 11.7 Å². The number of nitrogens with two attached hydrogens (primary N) is 1. The number of likely N-dealkylation sites (tertiary alicyclic amines) is 1. The molecule has 0 aromatic heterocycles. The number of rotatable bonds is 3. The van der Waals surface area contributed by atoms with E-state index in [9.17, 15) is 0 Å². The Labute approximate surface area is 144 Å². The molecule has 0 amide bonds. The normalized spacial score (nSPS) is 30.0. The second-order valence-corrected chi connectivity index (χ2v) is 7.83. The molecular formula is C22H26N2. The minimum absolute atomic E-state index is 0.276. The number of nitrogens with zero attached hydrogens (tertiary/aromatic N) is 1. The SMILES string of the molecule is NCC1=C(c2ccc3ccccc3c2)C2(N3CCCC3)CCC1C2. The molecule has 0 spiro atoms. The van der Waals surface area contributed by atoms with E-state index in [4.69, 9.17) is 5.73 Å². The second-order valence-electron chi connectivity index (χ2n) is 7.83. The van der Waals surface area contributed by atoms with Crippen molar-refractivity contribution >= 4 is 16.3 Å². The summed E-state index contributed by atoms with van der Waals surface area (Å²) in [7, 11) is 0. The van der Waals surface area contributed by atoms with Gasteiger partial charge in [-0.2, -0.15) is 0 Å². The van der Waals surface area contributed by atoms with Gasteiger partial charge in [-0.05, 0) is 84.7 Å². The highest BCUT2D eigenvalue weighted by molar-refractivity contribution is 5.89. The van der Waals surface area contributed by atoms with E-state index in [1.165, 1.54) is 61.5 Å². The van der Waals surface area contributed by atoms with Crippen LogP contribution >= 0.6 is 0 Å². The molecule has 1 aliphatic heterocycles. The van der Waals surface area contributed by atoms with Crippen molar-refractivity contribution in [3.05, 3.63) is 53.6 Å². The Morgan fingerprint density at radius 2 is 1.83 bits per heavy atom. The first-order chi connectivity index (χ1) is 11.8. The zero-order chi connectivity index (χ0) is 16.1. The van der Waals surface area contributed by atoms with Gasteiger partial charge in [0.25, 0.3) is 0 Å². The maximum atomic E-state index is 6.24. The molecule has 2 nitrogen and oxygen atoms in total. The topological polar surface area (TPSA) is 29.3 Å². The van der Waals surface area contributed by atoms with Crippen molar-refractivity contribution < 1.29 is 0 Å². The molecule has 2 heteroatoms. The highest BCUT2D eigenvalue weighted by Crippen LogP contribution is 2.58. The highest BCUT2D eigenvalue weighted by Gasteiger charge is 2.54. The fourth-order valence-corrected chi connectivity index (χ4v) is 5.71. The monoisotopic (exact) mass is 318 g/mol. The van der Waals surface area contributed by atoms with Crippen molar-refractivity contribution in [1.82, 2.24) is 4.90 Å². The first-order valence-corrected chi connectivity index (χ1v) is 9.50. The lowest BCUT2D eigenvalue weighted by atomic mass is 9.80. The van der Waals surface area contributed by atoms with Crippen LogP contribution in [-0.2, 0) is 0 Å². The number of hydrogen-bond acceptors (Lipinski definition) is 2. The fraction of sp³-hybridized carbons (Fsp3) is 0.455. The lowest BCUT2D eigenvalue weighted by Crippen LogP contribution is -2.45. The van der Waals surface area contributed by atoms with Gasteiger partial charge >= 0.3 is 0 Å². The standard InChI is InChI=1S/C22H26N2/c23-15-20-19-9-10-22(14-19,24-11-3-4-12-24)21(20)18-8-7-16-5-1-2-6-17(16)13-18/h1-2,5-8,13,19H,3-4,9-12,14-15,23H2. The molecule has 2 atom stereocenters. The van der Waals surface area contributed by atoms with Crippen LogP contribution in [0.5, 0.6) is 0 Å². The van der Waals surface area contributed by atoms with Crippen LogP contribution in [0.15, 0.2) is 48.0 Å². The van der Waals surface area contributed by atoms with Crippen LogP contribution in [0.2, 0.25) is 0 Å². The second kappa shape index (κ2) is 5.44. The molecule has 1 heterocycles. The summed E-state index contributed by atoms with van der Waals surface area (Å²) >= 11 is 0. The van der Waals surface area contributed by atoms with Crippen LogP contribution in [0.4, 0.5) is 0 Å². The summed E-state index contributed by atoms with van der Waals surface area (Å²) in [6.45, 7) is 3.26. The quantitative estimate of drug-likeness (QED) is 0.919. The zero-order valence-corrected chi connectivity index (χ0v) is 14.3. The molecule has 5 rings (SSSR count). The molecule has 24 heavy (non-hydrogen) atoms. The fourth-order valence-electron chi connectivity index (χ4n) is 5.71. The smallest absolute Gasteiger partial charge is 0.0472 e. The van der Waals surface area contributed by atoms with E-state index in [1.54, 1.807) is 11.1 Å². The molecule has 2 N–H and O–H groups in total. The van der Waals surface area contributed by atoms with Crippen molar-refractivity contribution in [3.63, 3.8) is 0 Å². The molecule has 2 aromatic rings. The summed E-state index contributed by atoms with van der Waals surface area (Å²) in [4.78, 5) is 2.79. The molecular weight excluding hydrogens is 292 g/mol.